The largest absolute Gasteiger partial charge is 0.497 e. The van der Waals surface area contributed by atoms with E-state index in [1.807, 2.05) is 60.7 Å². The van der Waals surface area contributed by atoms with Crippen molar-refractivity contribution in [2.75, 3.05) is 7.11 Å². The van der Waals surface area contributed by atoms with Crippen LogP contribution in [0.3, 0.4) is 0 Å². The Kier molecular flexibility index (Phi) is 7.88. The van der Waals surface area contributed by atoms with Gasteiger partial charge in [0, 0.05) is 0 Å². The molecule has 31 heavy (non-hydrogen) atoms. The lowest BCUT2D eigenvalue weighted by Crippen LogP contribution is -2.41. The highest BCUT2D eigenvalue weighted by molar-refractivity contribution is 5.71. The van der Waals surface area contributed by atoms with Gasteiger partial charge in [0.05, 0.1) is 7.11 Å². The maximum absolute atomic E-state index is 12.3. The van der Waals surface area contributed by atoms with Crippen molar-refractivity contribution in [1.29, 1.82) is 0 Å². The van der Waals surface area contributed by atoms with Gasteiger partial charge in [-0.05, 0) is 28.8 Å². The SMILES string of the molecule is COc1ccc(C(NC(=O)OCc2ccccc2)NC(=O)OCc2ccccc2)cc1. The second-order valence-electron chi connectivity index (χ2n) is 6.62. The van der Waals surface area contributed by atoms with Crippen LogP contribution in [0.25, 0.3) is 0 Å². The van der Waals surface area contributed by atoms with Crippen molar-refractivity contribution in [2.24, 2.45) is 0 Å². The number of alkyl carbamates (subject to hydrolysis) is 2. The molecule has 0 fully saturated rings. The van der Waals surface area contributed by atoms with Gasteiger partial charge in [-0.1, -0.05) is 72.8 Å². The fourth-order valence-electron chi connectivity index (χ4n) is 2.76. The molecule has 160 valence electrons. The van der Waals surface area contributed by atoms with Gasteiger partial charge in [-0.15, -0.1) is 0 Å². The Labute approximate surface area is 180 Å². The number of benzene rings is 3. The molecule has 0 aliphatic rings. The summed E-state index contributed by atoms with van der Waals surface area (Å²) in [5, 5.41) is 5.31. The van der Waals surface area contributed by atoms with Gasteiger partial charge in [-0.3, -0.25) is 10.6 Å². The van der Waals surface area contributed by atoms with Crippen LogP contribution in [-0.2, 0) is 22.7 Å². The third-order valence-electron chi connectivity index (χ3n) is 4.40. The first kappa shape index (κ1) is 21.7. The van der Waals surface area contributed by atoms with E-state index in [9.17, 15) is 9.59 Å². The summed E-state index contributed by atoms with van der Waals surface area (Å²) in [7, 11) is 1.56. The van der Waals surface area contributed by atoms with Gasteiger partial charge in [0.1, 0.15) is 25.1 Å². The van der Waals surface area contributed by atoms with Gasteiger partial charge in [-0.2, -0.15) is 0 Å². The van der Waals surface area contributed by atoms with E-state index in [2.05, 4.69) is 10.6 Å². The van der Waals surface area contributed by atoms with E-state index >= 15 is 0 Å². The number of methoxy groups -OCH3 is 1. The topological polar surface area (TPSA) is 85.9 Å². The molecule has 3 aromatic rings. The van der Waals surface area contributed by atoms with Crippen LogP contribution in [0, 0.1) is 0 Å². The Hall–Kier alpha value is -4.00. The standard InChI is InChI=1S/C24H24N2O5/c1-29-21-14-12-20(13-15-21)22(25-23(27)30-16-18-8-4-2-5-9-18)26-24(28)31-17-19-10-6-3-7-11-19/h2-15,22H,16-17H2,1H3,(H,25,27)(H,26,28). The molecule has 0 radical (unpaired) electrons. The van der Waals surface area contributed by atoms with Crippen molar-refractivity contribution in [2.45, 2.75) is 19.4 Å². The maximum atomic E-state index is 12.3. The maximum Gasteiger partial charge on any atom is 0.409 e. The number of carbonyl (C=O) groups excluding carboxylic acids is 2. The highest BCUT2D eigenvalue weighted by Gasteiger charge is 2.19. The molecule has 2 amide bonds. The molecular weight excluding hydrogens is 396 g/mol. The number of amides is 2. The van der Waals surface area contributed by atoms with Crippen LogP contribution in [-0.4, -0.2) is 19.3 Å². The number of carbonyl (C=O) groups is 2. The summed E-state index contributed by atoms with van der Waals surface area (Å²) in [4.78, 5) is 24.7. The predicted octanol–water partition coefficient (Wildman–Crippen LogP) is 4.55. The van der Waals surface area contributed by atoms with Gasteiger partial charge in [0.2, 0.25) is 0 Å². The van der Waals surface area contributed by atoms with Crippen LogP contribution in [0.1, 0.15) is 22.9 Å². The van der Waals surface area contributed by atoms with Crippen molar-refractivity contribution < 1.29 is 23.8 Å². The van der Waals surface area contributed by atoms with Gasteiger partial charge in [0.25, 0.3) is 0 Å². The van der Waals surface area contributed by atoms with E-state index in [0.717, 1.165) is 11.1 Å². The summed E-state index contributed by atoms with van der Waals surface area (Å²) in [6.45, 7) is 0.223. The van der Waals surface area contributed by atoms with E-state index in [1.54, 1.807) is 31.4 Å². The summed E-state index contributed by atoms with van der Waals surface area (Å²) in [5.41, 5.74) is 2.34. The molecule has 0 aliphatic heterocycles. The molecule has 0 saturated heterocycles. The zero-order valence-electron chi connectivity index (χ0n) is 17.1. The van der Waals surface area contributed by atoms with Crippen molar-refractivity contribution >= 4 is 12.2 Å². The highest BCUT2D eigenvalue weighted by atomic mass is 16.6. The average molecular weight is 420 g/mol. The lowest BCUT2D eigenvalue weighted by Gasteiger charge is -2.20. The number of hydrogen-bond donors (Lipinski definition) is 2. The number of hydrogen-bond acceptors (Lipinski definition) is 5. The van der Waals surface area contributed by atoms with Crippen LogP contribution in [0.5, 0.6) is 5.75 Å². The molecule has 0 bridgehead atoms. The number of rotatable bonds is 8. The molecule has 0 heterocycles. The Balaban J connectivity index is 1.62. The van der Waals surface area contributed by atoms with E-state index in [1.165, 1.54) is 0 Å². The van der Waals surface area contributed by atoms with Gasteiger partial charge >= 0.3 is 12.2 Å². The second-order valence-corrected chi connectivity index (χ2v) is 6.62. The second kappa shape index (κ2) is 11.3. The van der Waals surface area contributed by atoms with Crippen LogP contribution in [0.15, 0.2) is 84.9 Å². The minimum Gasteiger partial charge on any atom is -0.497 e. The highest BCUT2D eigenvalue weighted by Crippen LogP contribution is 2.17. The van der Waals surface area contributed by atoms with Crippen molar-refractivity contribution in [3.05, 3.63) is 102 Å². The van der Waals surface area contributed by atoms with Crippen molar-refractivity contribution in [3.63, 3.8) is 0 Å². The predicted molar refractivity (Wildman–Crippen MR) is 115 cm³/mol. The lowest BCUT2D eigenvalue weighted by molar-refractivity contribution is 0.122. The zero-order chi connectivity index (χ0) is 21.9. The minimum atomic E-state index is -0.850. The fraction of sp³-hybridized carbons (Fsp3) is 0.167. The summed E-state index contributed by atoms with van der Waals surface area (Å²) in [6, 6.07) is 25.6. The summed E-state index contributed by atoms with van der Waals surface area (Å²) in [5.74, 6) is 0.654. The Bertz CT molecular complexity index is 905. The molecule has 3 aromatic carbocycles. The monoisotopic (exact) mass is 420 g/mol. The molecule has 0 aromatic heterocycles. The Morgan fingerprint density at radius 1 is 0.710 bits per heavy atom. The molecular formula is C24H24N2O5. The first-order valence-electron chi connectivity index (χ1n) is 9.72. The normalized spacial score (nSPS) is 10.3. The Morgan fingerprint density at radius 2 is 1.16 bits per heavy atom. The van der Waals surface area contributed by atoms with Crippen LogP contribution < -0.4 is 15.4 Å². The molecule has 7 nitrogen and oxygen atoms in total. The fourth-order valence-corrected chi connectivity index (χ4v) is 2.76. The molecule has 0 spiro atoms. The third kappa shape index (κ3) is 7.08. The summed E-state index contributed by atoms with van der Waals surface area (Å²) in [6.07, 6.45) is -2.20. The molecule has 7 heteroatoms. The molecule has 0 saturated carbocycles. The van der Waals surface area contributed by atoms with E-state index < -0.39 is 18.4 Å². The van der Waals surface area contributed by atoms with E-state index in [4.69, 9.17) is 14.2 Å². The molecule has 2 N–H and O–H groups in total. The summed E-state index contributed by atoms with van der Waals surface area (Å²) >= 11 is 0. The number of nitrogens with one attached hydrogen (secondary N) is 2. The van der Waals surface area contributed by atoms with Crippen LogP contribution in [0.2, 0.25) is 0 Å². The van der Waals surface area contributed by atoms with E-state index in [-0.39, 0.29) is 13.2 Å². The average Bonchev–Trinajstić information content (AvgIpc) is 2.82. The van der Waals surface area contributed by atoms with Crippen molar-refractivity contribution in [1.82, 2.24) is 10.6 Å². The van der Waals surface area contributed by atoms with E-state index in [0.29, 0.717) is 11.3 Å². The minimum absolute atomic E-state index is 0.112. The van der Waals surface area contributed by atoms with Gasteiger partial charge < -0.3 is 14.2 Å². The van der Waals surface area contributed by atoms with Gasteiger partial charge in [0.15, 0.2) is 0 Å². The lowest BCUT2D eigenvalue weighted by atomic mass is 10.1. The van der Waals surface area contributed by atoms with Crippen LogP contribution >= 0.6 is 0 Å². The zero-order valence-corrected chi connectivity index (χ0v) is 17.1. The third-order valence-corrected chi connectivity index (χ3v) is 4.40. The van der Waals surface area contributed by atoms with Gasteiger partial charge in [-0.25, -0.2) is 9.59 Å². The summed E-state index contributed by atoms with van der Waals surface area (Å²) < 4.78 is 15.7. The molecule has 3 rings (SSSR count). The quantitative estimate of drug-likeness (QED) is 0.522. The number of ether oxygens (including phenoxy) is 3. The molecule has 0 unspecified atom stereocenters. The van der Waals surface area contributed by atoms with Crippen molar-refractivity contribution in [3.8, 4) is 5.75 Å². The first-order valence-corrected chi connectivity index (χ1v) is 9.72. The molecule has 0 atom stereocenters. The molecule has 0 aliphatic carbocycles. The Morgan fingerprint density at radius 3 is 1.58 bits per heavy atom. The smallest absolute Gasteiger partial charge is 0.409 e. The van der Waals surface area contributed by atoms with Crippen LogP contribution in [0.4, 0.5) is 9.59 Å². The first-order chi connectivity index (χ1) is 15.1.